The fraction of sp³-hybridized carbons (Fsp3) is 0.409. The van der Waals surface area contributed by atoms with Crippen LogP contribution < -0.4 is 5.32 Å². The minimum absolute atomic E-state index is 0.0437. The van der Waals surface area contributed by atoms with Crippen LogP contribution in [0.25, 0.3) is 0 Å². The molecule has 4 aliphatic rings. The minimum Gasteiger partial charge on any atom is -0.457 e. The maximum Gasteiger partial charge on any atom is 0.315 e. The first-order valence-corrected chi connectivity index (χ1v) is 9.76. The third-order valence-electron chi connectivity index (χ3n) is 6.52. The van der Waals surface area contributed by atoms with E-state index >= 15 is 0 Å². The highest BCUT2D eigenvalue weighted by molar-refractivity contribution is 5.80. The molecule has 28 heavy (non-hydrogen) atoms. The van der Waals surface area contributed by atoms with Crippen LogP contribution in [0.5, 0.6) is 0 Å². The number of piperidine rings is 3. The SMILES string of the molecule is O=C(OC12CN3CCC1C2C3)C(CNc1cc(F)ccc1F)c1ccccc1. The maximum atomic E-state index is 14.0. The molecule has 4 bridgehead atoms. The van der Waals surface area contributed by atoms with E-state index in [-0.39, 0.29) is 23.8 Å². The minimum atomic E-state index is -0.589. The van der Waals surface area contributed by atoms with Crippen molar-refractivity contribution in [3.8, 4) is 0 Å². The van der Waals surface area contributed by atoms with Crippen LogP contribution in [0.15, 0.2) is 48.5 Å². The molecule has 4 nitrogen and oxygen atoms in total. The van der Waals surface area contributed by atoms with Gasteiger partial charge in [-0.15, -0.1) is 0 Å². The molecule has 1 N–H and O–H groups in total. The summed E-state index contributed by atoms with van der Waals surface area (Å²) in [5.41, 5.74) is 0.517. The van der Waals surface area contributed by atoms with Gasteiger partial charge in [0.05, 0.1) is 11.6 Å². The molecule has 3 heterocycles. The number of benzene rings is 2. The van der Waals surface area contributed by atoms with Gasteiger partial charge in [0.25, 0.3) is 0 Å². The summed E-state index contributed by atoms with van der Waals surface area (Å²) < 4.78 is 33.5. The zero-order chi connectivity index (χ0) is 19.3. The quantitative estimate of drug-likeness (QED) is 0.775. The molecule has 0 amide bonds. The van der Waals surface area contributed by atoms with Crippen molar-refractivity contribution in [3.05, 3.63) is 65.7 Å². The van der Waals surface area contributed by atoms with Gasteiger partial charge in [0.15, 0.2) is 0 Å². The predicted octanol–water partition coefficient (Wildman–Crippen LogP) is 3.41. The lowest BCUT2D eigenvalue weighted by atomic mass is 9.98. The molecule has 6 heteroatoms. The van der Waals surface area contributed by atoms with Gasteiger partial charge >= 0.3 is 5.97 Å². The first-order valence-electron chi connectivity index (χ1n) is 9.76. The lowest BCUT2D eigenvalue weighted by Gasteiger charge is -2.30. The number of carbonyl (C=O) groups excluding carboxylic acids is 1. The molecule has 6 rings (SSSR count). The van der Waals surface area contributed by atoms with Gasteiger partial charge in [0.2, 0.25) is 0 Å². The van der Waals surface area contributed by atoms with Crippen LogP contribution in [-0.4, -0.2) is 42.6 Å². The highest BCUT2D eigenvalue weighted by Crippen LogP contribution is 2.63. The van der Waals surface area contributed by atoms with Crippen LogP contribution in [0, 0.1) is 23.5 Å². The molecule has 0 aromatic heterocycles. The Morgan fingerprint density at radius 3 is 2.71 bits per heavy atom. The summed E-state index contributed by atoms with van der Waals surface area (Å²) in [5.74, 6) is -1.04. The number of halogens is 2. The van der Waals surface area contributed by atoms with E-state index in [1.165, 1.54) is 0 Å². The highest BCUT2D eigenvalue weighted by atomic mass is 19.1. The molecule has 2 aromatic rings. The molecule has 0 radical (unpaired) electrons. The summed E-state index contributed by atoms with van der Waals surface area (Å²) in [6, 6.07) is 12.6. The first-order chi connectivity index (χ1) is 13.6. The topological polar surface area (TPSA) is 41.6 Å². The van der Waals surface area contributed by atoms with Gasteiger partial charge in [-0.25, -0.2) is 8.78 Å². The highest BCUT2D eigenvalue weighted by Gasteiger charge is 2.74. The second-order valence-electron chi connectivity index (χ2n) is 8.08. The molecular weight excluding hydrogens is 362 g/mol. The van der Waals surface area contributed by atoms with Gasteiger partial charge in [-0.1, -0.05) is 30.3 Å². The zero-order valence-corrected chi connectivity index (χ0v) is 15.4. The Morgan fingerprint density at radius 1 is 1.21 bits per heavy atom. The normalized spacial score (nSPS) is 30.6. The van der Waals surface area contributed by atoms with E-state index in [9.17, 15) is 13.6 Å². The summed E-state index contributed by atoms with van der Waals surface area (Å²) >= 11 is 0. The van der Waals surface area contributed by atoms with Crippen molar-refractivity contribution in [2.24, 2.45) is 11.8 Å². The number of anilines is 1. The molecule has 2 aromatic carbocycles. The molecule has 5 unspecified atom stereocenters. The van der Waals surface area contributed by atoms with Gasteiger partial charge in [-0.2, -0.15) is 0 Å². The van der Waals surface area contributed by atoms with Gasteiger partial charge in [0, 0.05) is 31.5 Å². The Labute approximate surface area is 162 Å². The summed E-state index contributed by atoms with van der Waals surface area (Å²) in [5, 5.41) is 2.89. The van der Waals surface area contributed by atoms with Crippen LogP contribution >= 0.6 is 0 Å². The number of esters is 1. The van der Waals surface area contributed by atoms with Crippen LogP contribution in [0.4, 0.5) is 14.5 Å². The van der Waals surface area contributed by atoms with Crippen molar-refractivity contribution in [2.75, 3.05) is 31.5 Å². The number of rotatable bonds is 6. The summed E-state index contributed by atoms with van der Waals surface area (Å²) in [6.45, 7) is 3.06. The van der Waals surface area contributed by atoms with Crippen LogP contribution in [0.2, 0.25) is 0 Å². The van der Waals surface area contributed by atoms with E-state index in [0.717, 1.165) is 49.8 Å². The van der Waals surface area contributed by atoms with Crippen molar-refractivity contribution in [1.29, 1.82) is 0 Å². The van der Waals surface area contributed by atoms with Crippen molar-refractivity contribution in [3.63, 3.8) is 0 Å². The number of nitrogens with one attached hydrogen (secondary N) is 1. The fourth-order valence-corrected chi connectivity index (χ4v) is 5.03. The number of nitrogens with zero attached hydrogens (tertiary/aromatic N) is 1. The molecule has 4 fully saturated rings. The van der Waals surface area contributed by atoms with E-state index in [1.807, 2.05) is 30.3 Å². The summed E-state index contributed by atoms with van der Waals surface area (Å²) in [7, 11) is 0. The Morgan fingerprint density at radius 2 is 2.04 bits per heavy atom. The van der Waals surface area contributed by atoms with Crippen LogP contribution in [0.3, 0.4) is 0 Å². The lowest BCUT2D eigenvalue weighted by Crippen LogP contribution is -2.40. The Hall–Kier alpha value is -2.47. The van der Waals surface area contributed by atoms with E-state index in [4.69, 9.17) is 4.74 Å². The number of carbonyl (C=O) groups is 1. The number of ether oxygens (including phenoxy) is 1. The lowest BCUT2D eigenvalue weighted by molar-refractivity contribution is -0.155. The van der Waals surface area contributed by atoms with Crippen molar-refractivity contribution in [1.82, 2.24) is 4.90 Å². The molecule has 3 saturated heterocycles. The van der Waals surface area contributed by atoms with Gasteiger partial charge < -0.3 is 10.1 Å². The van der Waals surface area contributed by atoms with E-state index < -0.39 is 17.6 Å². The second-order valence-corrected chi connectivity index (χ2v) is 8.08. The molecule has 146 valence electrons. The van der Waals surface area contributed by atoms with Gasteiger partial charge in [-0.05, 0) is 36.7 Å². The average Bonchev–Trinajstić information content (AvgIpc) is 3.19. The van der Waals surface area contributed by atoms with E-state index in [0.29, 0.717) is 11.8 Å². The van der Waals surface area contributed by atoms with E-state index in [2.05, 4.69) is 10.2 Å². The maximum absolute atomic E-state index is 14.0. The average molecular weight is 384 g/mol. The third-order valence-corrected chi connectivity index (χ3v) is 6.52. The number of hydrogen-bond acceptors (Lipinski definition) is 4. The van der Waals surface area contributed by atoms with Gasteiger partial charge in [-0.3, -0.25) is 9.69 Å². The van der Waals surface area contributed by atoms with E-state index in [1.54, 1.807) is 0 Å². The fourth-order valence-electron chi connectivity index (χ4n) is 5.03. The monoisotopic (exact) mass is 384 g/mol. The van der Waals surface area contributed by atoms with Crippen molar-refractivity contribution >= 4 is 11.7 Å². The summed E-state index contributed by atoms with van der Waals surface area (Å²) in [6.07, 6.45) is 1.08. The Balaban J connectivity index is 1.35. The Kier molecular flexibility index (Phi) is 4.12. The number of hydrogen-bond donors (Lipinski definition) is 1. The molecule has 1 aliphatic carbocycles. The molecule has 0 spiro atoms. The Bertz CT molecular complexity index is 901. The third kappa shape index (κ3) is 2.87. The molecule has 5 atom stereocenters. The van der Waals surface area contributed by atoms with Crippen LogP contribution in [-0.2, 0) is 9.53 Å². The first kappa shape index (κ1) is 17.6. The molecular formula is C22H22F2N2O2. The van der Waals surface area contributed by atoms with Crippen molar-refractivity contribution in [2.45, 2.75) is 17.9 Å². The predicted molar refractivity (Wildman–Crippen MR) is 101 cm³/mol. The second kappa shape index (κ2) is 6.55. The number of fused-ring (bicyclic) bond motifs is 1. The summed E-state index contributed by atoms with van der Waals surface area (Å²) in [4.78, 5) is 15.5. The molecule has 3 aliphatic heterocycles. The smallest absolute Gasteiger partial charge is 0.315 e. The molecule has 1 saturated carbocycles. The zero-order valence-electron chi connectivity index (χ0n) is 15.4. The van der Waals surface area contributed by atoms with Crippen LogP contribution in [0.1, 0.15) is 17.9 Å². The van der Waals surface area contributed by atoms with Crippen molar-refractivity contribution < 1.29 is 18.3 Å². The van der Waals surface area contributed by atoms with Gasteiger partial charge in [0.1, 0.15) is 17.2 Å². The largest absolute Gasteiger partial charge is 0.457 e. The standard InChI is InChI=1S/C22H22F2N2O2/c23-15-6-7-19(24)20(10-15)25-11-16(14-4-2-1-3-5-14)21(27)28-22-13-26-9-8-17(22)18(22)12-26/h1-7,10,16-18,25H,8-9,11-13H2.